The van der Waals surface area contributed by atoms with Crippen LogP contribution in [0, 0.1) is 5.92 Å². The summed E-state index contributed by atoms with van der Waals surface area (Å²) in [6.07, 6.45) is 1.04. The summed E-state index contributed by atoms with van der Waals surface area (Å²) < 4.78 is 10.9. The number of benzene rings is 1. The number of rotatable bonds is 5. The van der Waals surface area contributed by atoms with Gasteiger partial charge in [-0.25, -0.2) is 0 Å². The molecule has 2 N–H and O–H groups in total. The van der Waals surface area contributed by atoms with Crippen LogP contribution in [-0.4, -0.2) is 39.3 Å². The van der Waals surface area contributed by atoms with Crippen LogP contribution in [0.5, 0.6) is 5.75 Å². The van der Waals surface area contributed by atoms with Crippen LogP contribution in [-0.2, 0) is 11.3 Å². The van der Waals surface area contributed by atoms with Crippen molar-refractivity contribution >= 4 is 11.6 Å². The average molecular weight is 299 g/mol. The predicted octanol–water partition coefficient (Wildman–Crippen LogP) is 2.45. The number of ether oxygens (including phenoxy) is 2. The van der Waals surface area contributed by atoms with Crippen molar-refractivity contribution in [2.24, 2.45) is 11.7 Å². The average Bonchev–Trinajstić information content (AvgIpc) is 2.79. The first-order valence-corrected chi connectivity index (χ1v) is 7.24. The van der Waals surface area contributed by atoms with Gasteiger partial charge in [0.2, 0.25) is 0 Å². The van der Waals surface area contributed by atoms with Crippen molar-refractivity contribution in [2.75, 3.05) is 34.4 Å². The van der Waals surface area contributed by atoms with E-state index >= 15 is 0 Å². The summed E-state index contributed by atoms with van der Waals surface area (Å²) in [4.78, 5) is 2.34. The molecule has 0 aliphatic carbocycles. The molecule has 5 heteroatoms. The van der Waals surface area contributed by atoms with Crippen LogP contribution in [0.15, 0.2) is 12.1 Å². The van der Waals surface area contributed by atoms with Gasteiger partial charge in [0.15, 0.2) is 0 Å². The summed E-state index contributed by atoms with van der Waals surface area (Å²) in [6.45, 7) is 2.26. The Morgan fingerprint density at radius 1 is 1.40 bits per heavy atom. The minimum absolute atomic E-state index is 0.306. The lowest BCUT2D eigenvalue weighted by molar-refractivity contribution is 0.181. The Labute approximate surface area is 125 Å². The third-order valence-electron chi connectivity index (χ3n) is 4.01. The fourth-order valence-corrected chi connectivity index (χ4v) is 3.31. The number of methoxy groups -OCH3 is 2. The first kappa shape index (κ1) is 15.6. The molecule has 0 bridgehead atoms. The van der Waals surface area contributed by atoms with Gasteiger partial charge in [0.1, 0.15) is 5.75 Å². The summed E-state index contributed by atoms with van der Waals surface area (Å²) in [5.41, 5.74) is 8.09. The van der Waals surface area contributed by atoms with Gasteiger partial charge in [-0.15, -0.1) is 0 Å². The molecule has 20 heavy (non-hydrogen) atoms. The Kier molecular flexibility index (Phi) is 5.27. The van der Waals surface area contributed by atoms with Gasteiger partial charge in [-0.1, -0.05) is 11.6 Å². The smallest absolute Gasteiger partial charge is 0.125 e. The molecule has 0 radical (unpaired) electrons. The minimum Gasteiger partial charge on any atom is -0.496 e. The van der Waals surface area contributed by atoms with Crippen molar-refractivity contribution in [1.82, 2.24) is 4.90 Å². The van der Waals surface area contributed by atoms with Gasteiger partial charge in [0, 0.05) is 30.3 Å². The molecule has 0 spiro atoms. The largest absolute Gasteiger partial charge is 0.496 e. The molecule has 112 valence electrons. The van der Waals surface area contributed by atoms with Crippen LogP contribution < -0.4 is 10.5 Å². The van der Waals surface area contributed by atoms with E-state index in [4.69, 9.17) is 26.8 Å². The first-order valence-electron chi connectivity index (χ1n) is 6.86. The van der Waals surface area contributed by atoms with E-state index < -0.39 is 0 Å². The van der Waals surface area contributed by atoms with Gasteiger partial charge in [-0.2, -0.15) is 0 Å². The van der Waals surface area contributed by atoms with Crippen molar-refractivity contribution in [3.05, 3.63) is 28.3 Å². The van der Waals surface area contributed by atoms with Gasteiger partial charge in [-0.05, 0) is 43.6 Å². The summed E-state index contributed by atoms with van der Waals surface area (Å²) in [6, 6.07) is 4.15. The molecule has 1 saturated heterocycles. The SMILES string of the molecule is COCc1cc(Cl)cc(OC)c1C1CC(CN)CN1C. The Morgan fingerprint density at radius 2 is 2.15 bits per heavy atom. The number of hydrogen-bond donors (Lipinski definition) is 1. The number of halogens is 1. The molecule has 1 aliphatic rings. The second kappa shape index (κ2) is 6.76. The zero-order valence-electron chi connectivity index (χ0n) is 12.4. The number of hydrogen-bond acceptors (Lipinski definition) is 4. The van der Waals surface area contributed by atoms with Gasteiger partial charge in [0.05, 0.1) is 13.7 Å². The molecule has 0 saturated carbocycles. The number of likely N-dealkylation sites (tertiary alicyclic amines) is 1. The summed E-state index contributed by atoms with van der Waals surface area (Å²) in [7, 11) is 5.50. The maximum atomic E-state index is 6.17. The quantitative estimate of drug-likeness (QED) is 0.907. The first-order chi connectivity index (χ1) is 9.60. The molecule has 4 nitrogen and oxygen atoms in total. The third kappa shape index (κ3) is 3.09. The van der Waals surface area contributed by atoms with Crippen molar-refractivity contribution in [3.8, 4) is 5.75 Å². The fraction of sp³-hybridized carbons (Fsp3) is 0.600. The van der Waals surface area contributed by atoms with Crippen LogP contribution in [0.2, 0.25) is 5.02 Å². The third-order valence-corrected chi connectivity index (χ3v) is 4.23. The van der Waals surface area contributed by atoms with Crippen LogP contribution >= 0.6 is 11.6 Å². The van der Waals surface area contributed by atoms with Gasteiger partial charge in [0.25, 0.3) is 0 Å². The summed E-state index contributed by atoms with van der Waals surface area (Å²) in [5.74, 6) is 1.36. The highest BCUT2D eigenvalue weighted by molar-refractivity contribution is 6.30. The van der Waals surface area contributed by atoms with E-state index in [0.29, 0.717) is 23.6 Å². The molecule has 2 atom stereocenters. The van der Waals surface area contributed by atoms with Gasteiger partial charge >= 0.3 is 0 Å². The van der Waals surface area contributed by atoms with Crippen LogP contribution in [0.25, 0.3) is 0 Å². The van der Waals surface area contributed by atoms with E-state index in [2.05, 4.69) is 11.9 Å². The second-order valence-corrected chi connectivity index (χ2v) is 5.84. The van der Waals surface area contributed by atoms with E-state index in [1.165, 1.54) is 5.56 Å². The topological polar surface area (TPSA) is 47.7 Å². The molecule has 0 aromatic heterocycles. The molecule has 1 fully saturated rings. The van der Waals surface area contributed by atoms with E-state index in [-0.39, 0.29) is 0 Å². The fourth-order valence-electron chi connectivity index (χ4n) is 3.08. The molecule has 1 aliphatic heterocycles. The lowest BCUT2D eigenvalue weighted by atomic mass is 9.95. The normalized spacial score (nSPS) is 23.2. The Balaban J connectivity index is 2.43. The maximum Gasteiger partial charge on any atom is 0.125 e. The summed E-state index contributed by atoms with van der Waals surface area (Å²) >= 11 is 6.17. The Morgan fingerprint density at radius 3 is 2.70 bits per heavy atom. The zero-order chi connectivity index (χ0) is 14.7. The zero-order valence-corrected chi connectivity index (χ0v) is 13.1. The number of nitrogens with zero attached hydrogens (tertiary/aromatic N) is 1. The predicted molar refractivity (Wildman–Crippen MR) is 81.2 cm³/mol. The van der Waals surface area contributed by atoms with E-state index in [1.807, 2.05) is 12.1 Å². The molecule has 2 unspecified atom stereocenters. The van der Waals surface area contributed by atoms with Gasteiger partial charge < -0.3 is 15.2 Å². The highest BCUT2D eigenvalue weighted by atomic mass is 35.5. The molecule has 1 aromatic carbocycles. The highest BCUT2D eigenvalue weighted by Gasteiger charge is 2.33. The highest BCUT2D eigenvalue weighted by Crippen LogP contribution is 2.41. The van der Waals surface area contributed by atoms with Crippen LogP contribution in [0.4, 0.5) is 0 Å². The van der Waals surface area contributed by atoms with E-state index in [0.717, 1.165) is 30.8 Å². The van der Waals surface area contributed by atoms with Gasteiger partial charge in [-0.3, -0.25) is 4.90 Å². The molecular formula is C15H23ClN2O2. The molecule has 2 rings (SSSR count). The Hall–Kier alpha value is -0.810. The molecular weight excluding hydrogens is 276 g/mol. The van der Waals surface area contributed by atoms with Crippen molar-refractivity contribution in [2.45, 2.75) is 19.1 Å². The van der Waals surface area contributed by atoms with Crippen molar-refractivity contribution in [1.29, 1.82) is 0 Å². The van der Waals surface area contributed by atoms with Crippen LogP contribution in [0.3, 0.4) is 0 Å². The lowest BCUT2D eigenvalue weighted by Gasteiger charge is -2.25. The van der Waals surface area contributed by atoms with Crippen molar-refractivity contribution < 1.29 is 9.47 Å². The second-order valence-electron chi connectivity index (χ2n) is 5.41. The van der Waals surface area contributed by atoms with E-state index in [1.54, 1.807) is 14.2 Å². The summed E-state index contributed by atoms with van der Waals surface area (Å²) in [5, 5.41) is 0.675. The number of nitrogens with two attached hydrogens (primary N) is 1. The monoisotopic (exact) mass is 298 g/mol. The molecule has 1 aromatic rings. The maximum absolute atomic E-state index is 6.17. The standard InChI is InChI=1S/C15H23ClN2O2/c1-18-8-10(7-17)4-13(18)15-11(9-19-2)5-12(16)6-14(15)20-3/h5-6,10,13H,4,7-9,17H2,1-3H3. The lowest BCUT2D eigenvalue weighted by Crippen LogP contribution is -2.21. The van der Waals surface area contributed by atoms with E-state index in [9.17, 15) is 0 Å². The molecule has 1 heterocycles. The minimum atomic E-state index is 0.306. The molecule has 0 amide bonds. The van der Waals surface area contributed by atoms with Crippen molar-refractivity contribution in [3.63, 3.8) is 0 Å². The Bertz CT molecular complexity index is 467. The van der Waals surface area contributed by atoms with Crippen LogP contribution in [0.1, 0.15) is 23.6 Å².